The number of rotatable bonds is 2. The van der Waals surface area contributed by atoms with E-state index in [-0.39, 0.29) is 0 Å². The van der Waals surface area contributed by atoms with Gasteiger partial charge in [0.05, 0.1) is 11.6 Å². The van der Waals surface area contributed by atoms with Crippen LogP contribution in [0.2, 0.25) is 0 Å². The van der Waals surface area contributed by atoms with Crippen molar-refractivity contribution >= 4 is 12.2 Å². The Kier molecular flexibility index (Phi) is 3.80. The molecule has 1 aliphatic heterocycles. The third-order valence-electron chi connectivity index (χ3n) is 3.72. The molecule has 0 aliphatic carbocycles. The average molecular weight is 329 g/mol. The van der Waals surface area contributed by atoms with Gasteiger partial charge in [-0.15, -0.1) is 5.10 Å². The number of fused-ring (bicyclic) bond motifs is 1. The molecule has 0 amide bonds. The van der Waals surface area contributed by atoms with Crippen molar-refractivity contribution in [2.75, 3.05) is 0 Å². The predicted molar refractivity (Wildman–Crippen MR) is 84.7 cm³/mol. The second-order valence-electron chi connectivity index (χ2n) is 5.81. The molecule has 0 unspecified atom stereocenters. The summed E-state index contributed by atoms with van der Waals surface area (Å²) >= 11 is 4.95. The van der Waals surface area contributed by atoms with Crippen molar-refractivity contribution < 1.29 is 14.6 Å². The molecule has 0 saturated heterocycles. The molecular weight excluding hydrogens is 314 g/mol. The number of ether oxygens (including phenoxy) is 2. The molecule has 23 heavy (non-hydrogen) atoms. The van der Waals surface area contributed by atoms with Crippen molar-refractivity contribution in [2.45, 2.75) is 31.7 Å². The largest absolute Gasteiger partial charge is 0.485 e. The molecule has 2 heterocycles. The van der Waals surface area contributed by atoms with Crippen LogP contribution in [0, 0.1) is 16.0 Å². The molecule has 118 valence electrons. The molecule has 7 heteroatoms. The number of benzene rings is 1. The van der Waals surface area contributed by atoms with Crippen molar-refractivity contribution in [3.05, 3.63) is 46.1 Å². The van der Waals surface area contributed by atoms with E-state index in [2.05, 4.69) is 16.3 Å². The highest BCUT2D eigenvalue weighted by Crippen LogP contribution is 2.42. The first-order chi connectivity index (χ1) is 10.9. The molecule has 0 radical (unpaired) electrons. The first-order valence-corrected chi connectivity index (χ1v) is 7.45. The molecule has 6 nitrogen and oxygen atoms in total. The number of aromatic amines is 1. The smallest absolute Gasteiger partial charge is 0.231 e. The number of aliphatic hydroxyl groups is 1. The van der Waals surface area contributed by atoms with Crippen molar-refractivity contribution in [1.29, 1.82) is 5.26 Å². The lowest BCUT2D eigenvalue weighted by Crippen LogP contribution is -2.50. The molecule has 3 rings (SSSR count). The Bertz CT molecular complexity index is 821. The van der Waals surface area contributed by atoms with Gasteiger partial charge in [-0.3, -0.25) is 5.10 Å². The van der Waals surface area contributed by atoms with Crippen LogP contribution in [0.1, 0.15) is 31.1 Å². The van der Waals surface area contributed by atoms with Gasteiger partial charge in [-0.1, -0.05) is 12.2 Å². The van der Waals surface area contributed by atoms with E-state index in [0.717, 1.165) is 0 Å². The molecule has 0 fully saturated rings. The topological polar surface area (TPSA) is 91.2 Å². The highest BCUT2D eigenvalue weighted by atomic mass is 32.1. The Morgan fingerprint density at radius 1 is 1.39 bits per heavy atom. The van der Waals surface area contributed by atoms with Gasteiger partial charge in [0.1, 0.15) is 22.1 Å². The fourth-order valence-corrected chi connectivity index (χ4v) is 2.58. The van der Waals surface area contributed by atoms with Crippen molar-refractivity contribution in [3.8, 4) is 17.7 Å². The maximum absolute atomic E-state index is 10.6. The van der Waals surface area contributed by atoms with Crippen LogP contribution < -0.4 is 9.47 Å². The Hall–Kier alpha value is -2.43. The van der Waals surface area contributed by atoms with E-state index in [1.54, 1.807) is 44.2 Å². The van der Waals surface area contributed by atoms with E-state index < -0.39 is 17.8 Å². The number of aliphatic hydroxyl groups excluding tert-OH is 1. The Balaban J connectivity index is 2.04. The summed E-state index contributed by atoms with van der Waals surface area (Å²) < 4.78 is 12.2. The number of H-pyrrole nitrogens is 1. The molecule has 2 N–H and O–H groups in total. The Morgan fingerprint density at radius 2 is 2.17 bits per heavy atom. The van der Waals surface area contributed by atoms with E-state index in [1.807, 2.05) is 0 Å². The Labute approximate surface area is 138 Å². The van der Waals surface area contributed by atoms with E-state index in [4.69, 9.17) is 27.0 Å². The molecule has 0 saturated carbocycles. The number of nitrogens with zero attached hydrogens (tertiary/aromatic N) is 2. The van der Waals surface area contributed by atoms with Crippen LogP contribution in [0.5, 0.6) is 11.6 Å². The number of hydrogen-bond donors (Lipinski definition) is 2. The molecule has 0 spiro atoms. The zero-order chi connectivity index (χ0) is 16.6. The van der Waals surface area contributed by atoms with E-state index in [1.165, 1.54) is 0 Å². The molecule has 0 bridgehead atoms. The quantitative estimate of drug-likeness (QED) is 0.823. The first-order valence-electron chi connectivity index (χ1n) is 7.04. The van der Waals surface area contributed by atoms with E-state index in [0.29, 0.717) is 27.4 Å². The lowest BCUT2D eigenvalue weighted by atomic mass is 9.88. The van der Waals surface area contributed by atoms with Crippen LogP contribution >= 0.6 is 12.2 Å². The van der Waals surface area contributed by atoms with Gasteiger partial charge in [-0.25, -0.2) is 0 Å². The van der Waals surface area contributed by atoms with Crippen LogP contribution in [0.25, 0.3) is 0 Å². The number of aromatic nitrogens is 2. The summed E-state index contributed by atoms with van der Waals surface area (Å²) in [5.74, 6) is 0.877. The number of hydrogen-bond acceptors (Lipinski definition) is 6. The summed E-state index contributed by atoms with van der Waals surface area (Å²) in [4.78, 5) is 0. The second kappa shape index (κ2) is 5.65. The molecule has 2 aromatic rings. The van der Waals surface area contributed by atoms with Gasteiger partial charge in [0.2, 0.25) is 5.88 Å². The summed E-state index contributed by atoms with van der Waals surface area (Å²) in [6.45, 7) is 3.56. The van der Waals surface area contributed by atoms with Crippen molar-refractivity contribution in [1.82, 2.24) is 10.2 Å². The van der Waals surface area contributed by atoms with Crippen molar-refractivity contribution in [3.63, 3.8) is 0 Å². The Morgan fingerprint density at radius 3 is 2.83 bits per heavy atom. The summed E-state index contributed by atoms with van der Waals surface area (Å²) in [6, 6.07) is 10.4. The predicted octanol–water partition coefficient (Wildman–Crippen LogP) is 2.66. The molecule has 1 aliphatic rings. The van der Waals surface area contributed by atoms with Crippen LogP contribution in [-0.2, 0) is 0 Å². The highest BCUT2D eigenvalue weighted by Gasteiger charge is 2.44. The fraction of sp³-hybridized carbons (Fsp3) is 0.312. The monoisotopic (exact) mass is 329 g/mol. The summed E-state index contributed by atoms with van der Waals surface area (Å²) in [5.41, 5.74) is 0.237. The SMILES string of the molecule is CC1(C)Oc2ccc(C#N)cc2[C@@H](Oc2ccc(=S)[nH]n2)[C@@H]1O. The third kappa shape index (κ3) is 2.91. The maximum atomic E-state index is 10.6. The van der Waals surface area contributed by atoms with Crippen molar-refractivity contribution in [2.24, 2.45) is 0 Å². The molecular formula is C16H15N3O3S. The minimum atomic E-state index is -0.936. The van der Waals surface area contributed by atoms with Gasteiger partial charge in [-0.05, 0) is 38.1 Å². The van der Waals surface area contributed by atoms with Crippen LogP contribution in [0.3, 0.4) is 0 Å². The van der Waals surface area contributed by atoms with Crippen LogP contribution in [0.15, 0.2) is 30.3 Å². The lowest BCUT2D eigenvalue weighted by Gasteiger charge is -2.41. The standard InChI is InChI=1S/C16H15N3O3S/c1-16(2)15(20)14(21-12-5-6-13(23)19-18-12)10-7-9(8-17)3-4-11(10)22-16/h3-7,14-15,20H,1-2H3,(H,19,23)/t14-,15+/m1/s1. The van der Waals surface area contributed by atoms with Gasteiger partial charge in [0, 0.05) is 11.6 Å². The average Bonchev–Trinajstić information content (AvgIpc) is 2.53. The zero-order valence-corrected chi connectivity index (χ0v) is 13.4. The first kappa shape index (κ1) is 15.5. The van der Waals surface area contributed by atoms with Crippen LogP contribution in [-0.4, -0.2) is 27.0 Å². The number of nitriles is 1. The minimum Gasteiger partial charge on any atom is -0.485 e. The van der Waals surface area contributed by atoms with E-state index in [9.17, 15) is 5.11 Å². The minimum absolute atomic E-state index is 0.300. The number of nitrogens with one attached hydrogen (secondary N) is 1. The van der Waals surface area contributed by atoms with E-state index >= 15 is 0 Å². The lowest BCUT2D eigenvalue weighted by molar-refractivity contribution is -0.104. The third-order valence-corrected chi connectivity index (χ3v) is 3.95. The molecule has 2 atom stereocenters. The normalized spacial score (nSPS) is 21.7. The van der Waals surface area contributed by atoms with Gasteiger partial charge >= 0.3 is 0 Å². The fourth-order valence-electron chi connectivity index (χ4n) is 2.47. The second-order valence-corrected chi connectivity index (χ2v) is 6.25. The van der Waals surface area contributed by atoms with Gasteiger partial charge in [0.25, 0.3) is 0 Å². The van der Waals surface area contributed by atoms with Crippen LogP contribution in [0.4, 0.5) is 0 Å². The van der Waals surface area contributed by atoms with Gasteiger partial charge in [-0.2, -0.15) is 5.26 Å². The summed E-state index contributed by atoms with van der Waals surface area (Å²) in [7, 11) is 0. The van der Waals surface area contributed by atoms with Gasteiger partial charge in [0.15, 0.2) is 6.10 Å². The summed E-state index contributed by atoms with van der Waals surface area (Å²) in [6.07, 6.45) is -1.65. The molecule has 1 aromatic carbocycles. The molecule has 1 aromatic heterocycles. The van der Waals surface area contributed by atoms with Gasteiger partial charge < -0.3 is 14.6 Å². The maximum Gasteiger partial charge on any atom is 0.231 e. The highest BCUT2D eigenvalue weighted by molar-refractivity contribution is 7.71. The zero-order valence-electron chi connectivity index (χ0n) is 12.6. The summed E-state index contributed by atoms with van der Waals surface area (Å²) in [5, 5.41) is 26.4.